The minimum absolute atomic E-state index is 0.0741. The number of aliphatic imine (C=N–C) groups is 1. The maximum atomic E-state index is 13.6. The lowest BCUT2D eigenvalue weighted by Crippen LogP contribution is -2.50. The van der Waals surface area contributed by atoms with E-state index in [0.717, 1.165) is 16.7 Å². The number of hydrogen-bond donors (Lipinski definition) is 2. The van der Waals surface area contributed by atoms with Gasteiger partial charge in [0.05, 0.1) is 6.61 Å². The normalized spacial score (nSPS) is 18.9. The molecular formula is C30H31FN2O4. The van der Waals surface area contributed by atoms with E-state index in [9.17, 15) is 9.18 Å². The van der Waals surface area contributed by atoms with Crippen molar-refractivity contribution >= 4 is 17.9 Å². The highest BCUT2D eigenvalue weighted by molar-refractivity contribution is 6.00. The molecule has 2 N–H and O–H groups in total. The average Bonchev–Trinajstić information content (AvgIpc) is 3.26. The molecule has 0 bridgehead atoms. The van der Waals surface area contributed by atoms with Crippen molar-refractivity contribution in [2.75, 3.05) is 13.2 Å². The van der Waals surface area contributed by atoms with Crippen molar-refractivity contribution < 1.29 is 23.8 Å². The highest BCUT2D eigenvalue weighted by Gasteiger charge is 2.49. The van der Waals surface area contributed by atoms with Crippen LogP contribution in [0.2, 0.25) is 0 Å². The Hall–Kier alpha value is -3.97. The molecule has 0 spiro atoms. The molecule has 0 aromatic heterocycles. The molecule has 1 heterocycles. The molecule has 37 heavy (non-hydrogen) atoms. The molecule has 0 saturated heterocycles. The standard InChI is InChI=1S/C30H31FN2O4/c1-22-30(18-5-9-23-7-3-2-4-8-23,29(35)32-21-24-10-14-26(31)15-11-24)33-28(37-22)25-12-16-27(17-13-25)36-20-6-19-34/h2-5,7-17,22,34H,6,18-21H2,1H3,(H,32,35)/b9-5+/t22-,30-/m1/s1. The van der Waals surface area contributed by atoms with Crippen LogP contribution in [-0.2, 0) is 16.1 Å². The first kappa shape index (κ1) is 26.1. The Morgan fingerprint density at radius 2 is 1.84 bits per heavy atom. The minimum Gasteiger partial charge on any atom is -0.494 e. The number of aliphatic hydroxyl groups excluding tert-OH is 1. The van der Waals surface area contributed by atoms with E-state index in [1.807, 2.05) is 73.7 Å². The highest BCUT2D eigenvalue weighted by Crippen LogP contribution is 2.33. The van der Waals surface area contributed by atoms with Crippen molar-refractivity contribution in [1.82, 2.24) is 5.32 Å². The van der Waals surface area contributed by atoms with E-state index < -0.39 is 11.6 Å². The molecule has 192 valence electrons. The van der Waals surface area contributed by atoms with Crippen molar-refractivity contribution in [1.29, 1.82) is 0 Å². The SMILES string of the molecule is C[C@H]1OC(c2ccc(OCCCO)cc2)=N[C@@]1(C/C=C/c1ccccc1)C(=O)NCc1ccc(F)cc1. The van der Waals surface area contributed by atoms with E-state index in [2.05, 4.69) is 5.32 Å². The van der Waals surface area contributed by atoms with Crippen molar-refractivity contribution in [2.45, 2.75) is 38.0 Å². The summed E-state index contributed by atoms with van der Waals surface area (Å²) >= 11 is 0. The van der Waals surface area contributed by atoms with Gasteiger partial charge in [-0.1, -0.05) is 54.6 Å². The van der Waals surface area contributed by atoms with Crippen LogP contribution in [0.1, 0.15) is 36.5 Å². The zero-order chi connectivity index (χ0) is 26.1. The number of carbonyl (C=O) groups excluding carboxylic acids is 1. The fraction of sp³-hybridized carbons (Fsp3) is 0.267. The number of rotatable bonds is 11. The zero-order valence-electron chi connectivity index (χ0n) is 20.8. The molecule has 1 amide bonds. The van der Waals surface area contributed by atoms with E-state index in [1.165, 1.54) is 12.1 Å². The lowest BCUT2D eigenvalue weighted by atomic mass is 9.88. The van der Waals surface area contributed by atoms with E-state index in [0.29, 0.717) is 31.1 Å². The number of nitrogens with zero attached hydrogens (tertiary/aromatic N) is 1. The van der Waals surface area contributed by atoms with Crippen LogP contribution in [0.5, 0.6) is 5.75 Å². The van der Waals surface area contributed by atoms with Gasteiger partial charge < -0.3 is 19.9 Å². The minimum atomic E-state index is -1.17. The summed E-state index contributed by atoms with van der Waals surface area (Å²) in [6.07, 6.45) is 4.28. The lowest BCUT2D eigenvalue weighted by Gasteiger charge is -2.27. The fourth-order valence-corrected chi connectivity index (χ4v) is 4.06. The van der Waals surface area contributed by atoms with Crippen LogP contribution >= 0.6 is 0 Å². The van der Waals surface area contributed by atoms with Gasteiger partial charge in [0.25, 0.3) is 5.91 Å². The van der Waals surface area contributed by atoms with Crippen molar-refractivity contribution in [3.05, 3.63) is 107 Å². The number of carbonyl (C=O) groups is 1. The number of halogens is 1. The first-order chi connectivity index (χ1) is 18.0. The van der Waals surface area contributed by atoms with Gasteiger partial charge in [-0.3, -0.25) is 4.79 Å². The molecular weight excluding hydrogens is 471 g/mol. The molecule has 0 fully saturated rings. The van der Waals surface area contributed by atoms with E-state index in [-0.39, 0.29) is 24.9 Å². The molecule has 0 saturated carbocycles. The number of amides is 1. The molecule has 1 aliphatic heterocycles. The molecule has 3 aromatic rings. The molecule has 0 aliphatic carbocycles. The average molecular weight is 503 g/mol. The summed E-state index contributed by atoms with van der Waals surface area (Å²) in [7, 11) is 0. The maximum absolute atomic E-state index is 13.6. The van der Waals surface area contributed by atoms with Gasteiger partial charge in [0.15, 0.2) is 5.54 Å². The van der Waals surface area contributed by atoms with Crippen LogP contribution in [-0.4, -0.2) is 41.8 Å². The Labute approximate surface area is 216 Å². The Morgan fingerprint density at radius 3 is 2.54 bits per heavy atom. The highest BCUT2D eigenvalue weighted by atomic mass is 19.1. The number of hydrogen-bond acceptors (Lipinski definition) is 5. The monoisotopic (exact) mass is 502 g/mol. The quantitative estimate of drug-likeness (QED) is 0.365. The molecule has 2 atom stereocenters. The van der Waals surface area contributed by atoms with Crippen molar-refractivity contribution in [3.8, 4) is 5.75 Å². The summed E-state index contributed by atoms with van der Waals surface area (Å²) in [6, 6.07) is 23.2. The van der Waals surface area contributed by atoms with Gasteiger partial charge in [0.2, 0.25) is 5.90 Å². The Balaban J connectivity index is 1.56. The topological polar surface area (TPSA) is 80.2 Å². The van der Waals surface area contributed by atoms with Gasteiger partial charge in [-0.05, 0) is 54.4 Å². The van der Waals surface area contributed by atoms with E-state index in [1.54, 1.807) is 12.1 Å². The third-order valence-electron chi connectivity index (χ3n) is 6.23. The van der Waals surface area contributed by atoms with Gasteiger partial charge >= 0.3 is 0 Å². The van der Waals surface area contributed by atoms with Crippen LogP contribution in [0, 0.1) is 5.82 Å². The van der Waals surface area contributed by atoms with Crippen LogP contribution in [0.4, 0.5) is 4.39 Å². The summed E-state index contributed by atoms with van der Waals surface area (Å²) in [4.78, 5) is 18.4. The summed E-state index contributed by atoms with van der Waals surface area (Å²) in [6.45, 7) is 2.59. The fourth-order valence-electron chi connectivity index (χ4n) is 4.06. The van der Waals surface area contributed by atoms with E-state index >= 15 is 0 Å². The number of benzene rings is 3. The second-order valence-corrected chi connectivity index (χ2v) is 8.88. The van der Waals surface area contributed by atoms with E-state index in [4.69, 9.17) is 19.6 Å². The van der Waals surface area contributed by atoms with Crippen molar-refractivity contribution in [2.24, 2.45) is 4.99 Å². The van der Waals surface area contributed by atoms with Gasteiger partial charge in [-0.25, -0.2) is 9.38 Å². The van der Waals surface area contributed by atoms with Gasteiger partial charge in [-0.15, -0.1) is 0 Å². The third-order valence-corrected chi connectivity index (χ3v) is 6.23. The molecule has 0 unspecified atom stereocenters. The summed E-state index contributed by atoms with van der Waals surface area (Å²) in [5, 5.41) is 11.9. The maximum Gasteiger partial charge on any atom is 0.252 e. The lowest BCUT2D eigenvalue weighted by molar-refractivity contribution is -0.128. The predicted octanol–water partition coefficient (Wildman–Crippen LogP) is 4.91. The van der Waals surface area contributed by atoms with Gasteiger partial charge in [-0.2, -0.15) is 0 Å². The van der Waals surface area contributed by atoms with Crippen LogP contribution in [0.3, 0.4) is 0 Å². The van der Waals surface area contributed by atoms with Crippen LogP contribution < -0.4 is 10.1 Å². The Morgan fingerprint density at radius 1 is 1.11 bits per heavy atom. The van der Waals surface area contributed by atoms with Crippen molar-refractivity contribution in [3.63, 3.8) is 0 Å². The third kappa shape index (κ3) is 6.62. The smallest absolute Gasteiger partial charge is 0.252 e. The predicted molar refractivity (Wildman–Crippen MR) is 142 cm³/mol. The Bertz CT molecular complexity index is 1230. The molecule has 6 nitrogen and oxygen atoms in total. The second-order valence-electron chi connectivity index (χ2n) is 8.88. The first-order valence-corrected chi connectivity index (χ1v) is 12.3. The van der Waals surface area contributed by atoms with Gasteiger partial charge in [0, 0.05) is 31.6 Å². The largest absolute Gasteiger partial charge is 0.494 e. The summed E-state index contributed by atoms with van der Waals surface area (Å²) in [5.74, 6) is 0.479. The summed E-state index contributed by atoms with van der Waals surface area (Å²) < 4.78 is 25.0. The molecule has 3 aromatic carbocycles. The molecule has 4 rings (SSSR count). The number of ether oxygens (including phenoxy) is 2. The number of nitrogens with one attached hydrogen (secondary N) is 1. The second kappa shape index (κ2) is 12.3. The molecule has 1 aliphatic rings. The molecule has 7 heteroatoms. The number of aliphatic hydroxyl groups is 1. The first-order valence-electron chi connectivity index (χ1n) is 12.3. The molecule has 0 radical (unpaired) electrons. The van der Waals surface area contributed by atoms with Gasteiger partial charge in [0.1, 0.15) is 17.7 Å². The zero-order valence-corrected chi connectivity index (χ0v) is 20.8. The van der Waals surface area contributed by atoms with Crippen LogP contribution in [0.25, 0.3) is 6.08 Å². The Kier molecular flexibility index (Phi) is 8.69. The van der Waals surface area contributed by atoms with Crippen LogP contribution in [0.15, 0.2) is 89.9 Å². The summed E-state index contributed by atoms with van der Waals surface area (Å²) in [5.41, 5.74) is 1.38.